The second kappa shape index (κ2) is 4.14. The van der Waals surface area contributed by atoms with Crippen molar-refractivity contribution in [2.75, 3.05) is 6.61 Å². The van der Waals surface area contributed by atoms with Crippen molar-refractivity contribution < 1.29 is 14.3 Å². The molecule has 4 nitrogen and oxygen atoms in total. The molecule has 0 amide bonds. The van der Waals surface area contributed by atoms with Gasteiger partial charge in [-0.2, -0.15) is 0 Å². The van der Waals surface area contributed by atoms with Gasteiger partial charge in [0.05, 0.1) is 18.8 Å². The molecule has 1 aromatic carbocycles. The number of rotatable bonds is 3. The van der Waals surface area contributed by atoms with Gasteiger partial charge in [0, 0.05) is 11.6 Å². The summed E-state index contributed by atoms with van der Waals surface area (Å²) in [5, 5.41) is 12.7. The maximum atomic E-state index is 9.35. The van der Waals surface area contributed by atoms with Gasteiger partial charge in [0.25, 0.3) is 0 Å². The summed E-state index contributed by atoms with van der Waals surface area (Å²) in [5.41, 5.74) is 1.08. The van der Waals surface area contributed by atoms with E-state index in [2.05, 4.69) is 5.32 Å². The van der Waals surface area contributed by atoms with E-state index in [9.17, 15) is 5.11 Å². The third-order valence-corrected chi connectivity index (χ3v) is 2.88. The van der Waals surface area contributed by atoms with Crippen molar-refractivity contribution in [2.24, 2.45) is 0 Å². The van der Waals surface area contributed by atoms with E-state index in [-0.39, 0.29) is 11.8 Å². The van der Waals surface area contributed by atoms with Crippen LogP contribution in [0.4, 0.5) is 0 Å². The number of phenolic OH excluding ortho intramolecular Hbond substituents is 1. The van der Waals surface area contributed by atoms with Crippen molar-refractivity contribution >= 4 is 0 Å². The number of fused-ring (bicyclic) bond motifs is 1. The molecule has 0 aliphatic carbocycles. The predicted molar refractivity (Wildman–Crippen MR) is 61.9 cm³/mol. The van der Waals surface area contributed by atoms with Crippen molar-refractivity contribution in [1.82, 2.24) is 5.32 Å². The van der Waals surface area contributed by atoms with Gasteiger partial charge in [0.15, 0.2) is 0 Å². The van der Waals surface area contributed by atoms with Gasteiger partial charge in [-0.05, 0) is 24.3 Å². The van der Waals surface area contributed by atoms with E-state index in [1.54, 1.807) is 18.4 Å². The van der Waals surface area contributed by atoms with Crippen molar-refractivity contribution in [3.63, 3.8) is 0 Å². The van der Waals surface area contributed by atoms with E-state index < -0.39 is 0 Å². The molecule has 0 bridgehead atoms. The average molecular weight is 231 g/mol. The van der Waals surface area contributed by atoms with Crippen LogP contribution < -0.4 is 10.1 Å². The molecule has 4 heteroatoms. The maximum Gasteiger partial charge on any atom is 0.127 e. The Kier molecular flexibility index (Phi) is 2.49. The Bertz CT molecular complexity index is 507. The van der Waals surface area contributed by atoms with Crippen LogP contribution in [0.25, 0.3) is 0 Å². The van der Waals surface area contributed by atoms with Crippen molar-refractivity contribution in [3.8, 4) is 11.5 Å². The first-order chi connectivity index (χ1) is 8.33. The smallest absolute Gasteiger partial charge is 0.127 e. The number of benzene rings is 1. The third kappa shape index (κ3) is 1.99. The summed E-state index contributed by atoms with van der Waals surface area (Å²) in [6.07, 6.45) is 1.66. The molecule has 1 atom stereocenters. The Morgan fingerprint density at radius 3 is 3.12 bits per heavy atom. The van der Waals surface area contributed by atoms with E-state index in [4.69, 9.17) is 9.15 Å². The van der Waals surface area contributed by atoms with Gasteiger partial charge >= 0.3 is 0 Å². The molecule has 1 aliphatic rings. The first-order valence-electron chi connectivity index (χ1n) is 5.54. The summed E-state index contributed by atoms with van der Waals surface area (Å²) in [6, 6.07) is 9.15. The molecule has 3 rings (SSSR count). The van der Waals surface area contributed by atoms with E-state index in [1.165, 1.54) is 0 Å². The van der Waals surface area contributed by atoms with Crippen LogP contribution in [0.1, 0.15) is 17.4 Å². The van der Waals surface area contributed by atoms with E-state index in [0.717, 1.165) is 17.1 Å². The Balaban J connectivity index is 1.71. The number of hydrogen-bond donors (Lipinski definition) is 2. The largest absolute Gasteiger partial charge is 0.508 e. The normalized spacial score (nSPS) is 17.8. The summed E-state index contributed by atoms with van der Waals surface area (Å²) in [4.78, 5) is 0. The molecule has 0 fully saturated rings. The second-order valence-electron chi connectivity index (χ2n) is 4.05. The number of furan rings is 1. The third-order valence-electron chi connectivity index (χ3n) is 2.88. The predicted octanol–water partition coefficient (Wildman–Crippen LogP) is 2.21. The second-order valence-corrected chi connectivity index (χ2v) is 4.05. The van der Waals surface area contributed by atoms with Crippen LogP contribution in [0, 0.1) is 0 Å². The number of phenols is 1. The molecule has 0 spiro atoms. The summed E-state index contributed by atoms with van der Waals surface area (Å²) in [6.45, 7) is 1.25. The van der Waals surface area contributed by atoms with Crippen LogP contribution in [0.3, 0.4) is 0 Å². The zero-order valence-corrected chi connectivity index (χ0v) is 9.22. The van der Waals surface area contributed by atoms with Gasteiger partial charge in [0.2, 0.25) is 0 Å². The van der Waals surface area contributed by atoms with E-state index in [0.29, 0.717) is 13.2 Å². The van der Waals surface area contributed by atoms with E-state index in [1.807, 2.05) is 18.2 Å². The molecule has 17 heavy (non-hydrogen) atoms. The van der Waals surface area contributed by atoms with E-state index >= 15 is 0 Å². The van der Waals surface area contributed by atoms with Crippen LogP contribution in [-0.2, 0) is 6.54 Å². The quantitative estimate of drug-likeness (QED) is 0.850. The summed E-state index contributed by atoms with van der Waals surface area (Å²) >= 11 is 0. The standard InChI is InChI=1S/C13H13NO3/c15-9-3-4-11-12(8-17-13(11)6-9)14-7-10-2-1-5-16-10/h1-6,12,14-15H,7-8H2. The molecule has 1 unspecified atom stereocenters. The lowest BCUT2D eigenvalue weighted by atomic mass is 10.1. The zero-order chi connectivity index (χ0) is 11.7. The maximum absolute atomic E-state index is 9.35. The number of nitrogens with one attached hydrogen (secondary N) is 1. The van der Waals surface area contributed by atoms with Gasteiger partial charge < -0.3 is 14.3 Å². The highest BCUT2D eigenvalue weighted by atomic mass is 16.5. The van der Waals surface area contributed by atoms with Crippen molar-refractivity contribution in [3.05, 3.63) is 47.9 Å². The van der Waals surface area contributed by atoms with Crippen LogP contribution in [0.2, 0.25) is 0 Å². The minimum Gasteiger partial charge on any atom is -0.508 e. The van der Waals surface area contributed by atoms with Gasteiger partial charge in [-0.15, -0.1) is 0 Å². The van der Waals surface area contributed by atoms with Crippen LogP contribution in [-0.4, -0.2) is 11.7 Å². The fourth-order valence-electron chi connectivity index (χ4n) is 2.00. The Labute approximate surface area is 98.8 Å². The summed E-state index contributed by atoms with van der Waals surface area (Å²) in [7, 11) is 0. The van der Waals surface area contributed by atoms with Gasteiger partial charge in [-0.25, -0.2) is 0 Å². The van der Waals surface area contributed by atoms with Crippen molar-refractivity contribution in [1.29, 1.82) is 0 Å². The molecular formula is C13H13NO3. The molecule has 88 valence electrons. The van der Waals surface area contributed by atoms with Crippen LogP contribution >= 0.6 is 0 Å². The highest BCUT2D eigenvalue weighted by Crippen LogP contribution is 2.34. The Morgan fingerprint density at radius 1 is 1.35 bits per heavy atom. The molecule has 0 saturated heterocycles. The van der Waals surface area contributed by atoms with Crippen LogP contribution in [0.15, 0.2) is 41.0 Å². The molecule has 2 aromatic rings. The molecule has 2 heterocycles. The molecule has 1 aromatic heterocycles. The lowest BCUT2D eigenvalue weighted by molar-refractivity contribution is 0.305. The SMILES string of the molecule is Oc1ccc2c(c1)OCC2NCc1ccco1. The first-order valence-corrected chi connectivity index (χ1v) is 5.54. The number of aromatic hydroxyl groups is 1. The minimum absolute atomic E-state index is 0.149. The molecule has 1 aliphatic heterocycles. The number of hydrogen-bond acceptors (Lipinski definition) is 4. The highest BCUT2D eigenvalue weighted by Gasteiger charge is 2.23. The van der Waals surface area contributed by atoms with Gasteiger partial charge in [0.1, 0.15) is 23.9 Å². The Morgan fingerprint density at radius 2 is 2.29 bits per heavy atom. The monoisotopic (exact) mass is 231 g/mol. The van der Waals surface area contributed by atoms with Crippen LogP contribution in [0.5, 0.6) is 11.5 Å². The fraction of sp³-hybridized carbons (Fsp3) is 0.231. The lowest BCUT2D eigenvalue weighted by Crippen LogP contribution is -2.21. The summed E-state index contributed by atoms with van der Waals surface area (Å²) < 4.78 is 10.8. The fourth-order valence-corrected chi connectivity index (χ4v) is 2.00. The molecule has 2 N–H and O–H groups in total. The topological polar surface area (TPSA) is 54.6 Å². The van der Waals surface area contributed by atoms with Crippen molar-refractivity contribution in [2.45, 2.75) is 12.6 Å². The zero-order valence-electron chi connectivity index (χ0n) is 9.22. The minimum atomic E-state index is 0.149. The lowest BCUT2D eigenvalue weighted by Gasteiger charge is -2.09. The Hall–Kier alpha value is -1.94. The van der Waals surface area contributed by atoms with Gasteiger partial charge in [-0.3, -0.25) is 5.32 Å². The molecule has 0 radical (unpaired) electrons. The molecule has 0 saturated carbocycles. The average Bonchev–Trinajstić information content (AvgIpc) is 2.94. The van der Waals surface area contributed by atoms with Gasteiger partial charge in [-0.1, -0.05) is 0 Å². The highest BCUT2D eigenvalue weighted by molar-refractivity contribution is 5.44. The summed E-state index contributed by atoms with van der Waals surface area (Å²) in [5.74, 6) is 1.88. The number of ether oxygens (including phenoxy) is 1. The molecular weight excluding hydrogens is 218 g/mol. The first kappa shape index (κ1) is 10.2.